The number of pyridine rings is 1. The molecule has 0 radical (unpaired) electrons. The molecule has 30 heavy (non-hydrogen) atoms. The molecule has 0 saturated carbocycles. The van der Waals surface area contributed by atoms with Gasteiger partial charge in [0.2, 0.25) is 11.8 Å². The van der Waals surface area contributed by atoms with Crippen LogP contribution in [-0.2, 0) is 22.6 Å². The monoisotopic (exact) mass is 402 g/mol. The molecule has 1 saturated heterocycles. The van der Waals surface area contributed by atoms with Crippen LogP contribution in [0.2, 0.25) is 0 Å². The molecule has 1 fully saturated rings. The average molecular weight is 402 g/mol. The van der Waals surface area contributed by atoms with E-state index in [9.17, 15) is 9.59 Å². The summed E-state index contributed by atoms with van der Waals surface area (Å²) in [4.78, 5) is 33.1. The van der Waals surface area contributed by atoms with E-state index in [2.05, 4.69) is 15.2 Å². The first kappa shape index (κ1) is 20.0. The van der Waals surface area contributed by atoms with Gasteiger partial charge in [-0.3, -0.25) is 19.5 Å². The van der Waals surface area contributed by atoms with Crippen molar-refractivity contribution >= 4 is 22.6 Å². The molecule has 1 aromatic heterocycles. The molecule has 1 aliphatic heterocycles. The zero-order chi connectivity index (χ0) is 20.8. The maximum absolute atomic E-state index is 12.5. The largest absolute Gasteiger partial charge is 0.347 e. The number of hydrogen-bond donors (Lipinski definition) is 1. The van der Waals surface area contributed by atoms with E-state index in [1.807, 2.05) is 59.5 Å². The van der Waals surface area contributed by atoms with Gasteiger partial charge in [0.15, 0.2) is 0 Å². The second-order valence-corrected chi connectivity index (χ2v) is 7.60. The Bertz CT molecular complexity index is 1010. The van der Waals surface area contributed by atoms with Crippen molar-refractivity contribution in [2.75, 3.05) is 32.7 Å². The highest BCUT2D eigenvalue weighted by Gasteiger charge is 2.21. The predicted molar refractivity (Wildman–Crippen MR) is 117 cm³/mol. The number of amides is 2. The summed E-state index contributed by atoms with van der Waals surface area (Å²) in [6, 6.07) is 18.0. The number of nitrogens with zero attached hydrogens (tertiary/aromatic N) is 3. The Morgan fingerprint density at radius 1 is 0.900 bits per heavy atom. The van der Waals surface area contributed by atoms with Gasteiger partial charge in [-0.05, 0) is 34.0 Å². The zero-order valence-electron chi connectivity index (χ0n) is 17.0. The van der Waals surface area contributed by atoms with Crippen LogP contribution in [0.25, 0.3) is 10.8 Å². The van der Waals surface area contributed by atoms with Crippen molar-refractivity contribution in [3.63, 3.8) is 0 Å². The van der Waals surface area contributed by atoms with Crippen LogP contribution in [-0.4, -0.2) is 59.3 Å². The molecule has 2 heterocycles. The van der Waals surface area contributed by atoms with E-state index in [1.54, 1.807) is 12.4 Å². The molecular formula is C24H26N4O2. The molecule has 1 aliphatic rings. The molecular weight excluding hydrogens is 376 g/mol. The lowest BCUT2D eigenvalue weighted by molar-refractivity contribution is -0.134. The maximum Gasteiger partial charge on any atom is 0.242 e. The third kappa shape index (κ3) is 5.02. The minimum absolute atomic E-state index is 0.0233. The van der Waals surface area contributed by atoms with E-state index < -0.39 is 0 Å². The smallest absolute Gasteiger partial charge is 0.242 e. The van der Waals surface area contributed by atoms with Gasteiger partial charge in [0.1, 0.15) is 0 Å². The maximum atomic E-state index is 12.5. The number of carbonyl (C=O) groups excluding carboxylic acids is 2. The standard InChI is InChI=1S/C24H26N4O2/c29-23(16-21-6-3-5-20-4-1-2-7-22(20)21)26-17-24(30)28-14-12-27(13-15-28)18-19-8-10-25-11-9-19/h1-11H,12-18H2,(H,26,29). The second kappa shape index (κ2) is 9.50. The van der Waals surface area contributed by atoms with Gasteiger partial charge in [0, 0.05) is 45.1 Å². The fourth-order valence-electron chi connectivity index (χ4n) is 3.87. The molecule has 0 bridgehead atoms. The van der Waals surface area contributed by atoms with Crippen LogP contribution in [0.4, 0.5) is 0 Å². The molecule has 0 atom stereocenters. The van der Waals surface area contributed by atoms with Gasteiger partial charge in [-0.25, -0.2) is 0 Å². The van der Waals surface area contributed by atoms with Crippen LogP contribution in [0, 0.1) is 0 Å². The molecule has 6 nitrogen and oxygen atoms in total. The van der Waals surface area contributed by atoms with Crippen LogP contribution in [0.1, 0.15) is 11.1 Å². The van der Waals surface area contributed by atoms with Gasteiger partial charge in [0.05, 0.1) is 13.0 Å². The Morgan fingerprint density at radius 3 is 2.43 bits per heavy atom. The van der Waals surface area contributed by atoms with E-state index >= 15 is 0 Å². The van der Waals surface area contributed by atoms with Crippen LogP contribution >= 0.6 is 0 Å². The van der Waals surface area contributed by atoms with Gasteiger partial charge < -0.3 is 10.2 Å². The number of fused-ring (bicyclic) bond motifs is 1. The van der Waals surface area contributed by atoms with E-state index in [0.717, 1.165) is 36.0 Å². The first-order valence-corrected chi connectivity index (χ1v) is 10.3. The normalized spacial score (nSPS) is 14.6. The number of benzene rings is 2. The van der Waals surface area contributed by atoms with Crippen molar-refractivity contribution in [2.24, 2.45) is 0 Å². The van der Waals surface area contributed by atoms with E-state index in [0.29, 0.717) is 13.1 Å². The lowest BCUT2D eigenvalue weighted by Gasteiger charge is -2.34. The van der Waals surface area contributed by atoms with Crippen LogP contribution < -0.4 is 5.32 Å². The van der Waals surface area contributed by atoms with E-state index in [4.69, 9.17) is 0 Å². The quantitative estimate of drug-likeness (QED) is 0.687. The van der Waals surface area contributed by atoms with Crippen molar-refractivity contribution in [1.29, 1.82) is 0 Å². The molecule has 0 unspecified atom stereocenters. The predicted octanol–water partition coefficient (Wildman–Crippen LogP) is 2.24. The Kier molecular flexibility index (Phi) is 6.35. The van der Waals surface area contributed by atoms with Crippen molar-refractivity contribution in [3.05, 3.63) is 78.1 Å². The van der Waals surface area contributed by atoms with Crippen LogP contribution in [0.5, 0.6) is 0 Å². The number of aromatic nitrogens is 1. The summed E-state index contributed by atoms with van der Waals surface area (Å²) in [7, 11) is 0. The Hall–Kier alpha value is -3.25. The first-order chi connectivity index (χ1) is 14.7. The number of carbonyl (C=O) groups is 2. The fourth-order valence-corrected chi connectivity index (χ4v) is 3.87. The fraction of sp³-hybridized carbons (Fsp3) is 0.292. The summed E-state index contributed by atoms with van der Waals surface area (Å²) in [6.45, 7) is 3.95. The van der Waals surface area contributed by atoms with E-state index in [-0.39, 0.29) is 24.8 Å². The molecule has 4 rings (SSSR count). The first-order valence-electron chi connectivity index (χ1n) is 10.3. The number of nitrogens with one attached hydrogen (secondary N) is 1. The van der Waals surface area contributed by atoms with Crippen molar-refractivity contribution < 1.29 is 9.59 Å². The number of rotatable bonds is 6. The highest BCUT2D eigenvalue weighted by molar-refractivity contribution is 5.91. The molecule has 154 valence electrons. The van der Waals surface area contributed by atoms with E-state index in [1.165, 1.54) is 5.56 Å². The van der Waals surface area contributed by atoms with Gasteiger partial charge in [-0.1, -0.05) is 42.5 Å². The number of hydrogen-bond acceptors (Lipinski definition) is 4. The Morgan fingerprint density at radius 2 is 1.63 bits per heavy atom. The third-order valence-electron chi connectivity index (χ3n) is 5.55. The lowest BCUT2D eigenvalue weighted by atomic mass is 10.0. The summed E-state index contributed by atoms with van der Waals surface area (Å²) in [5.74, 6) is -0.152. The molecule has 3 aromatic rings. The summed E-state index contributed by atoms with van der Waals surface area (Å²) in [6.07, 6.45) is 3.88. The van der Waals surface area contributed by atoms with Crippen LogP contribution in [0.3, 0.4) is 0 Å². The molecule has 0 aliphatic carbocycles. The number of piperazine rings is 1. The molecule has 6 heteroatoms. The minimum atomic E-state index is -0.129. The molecule has 1 N–H and O–H groups in total. The van der Waals surface area contributed by atoms with Crippen molar-refractivity contribution in [3.8, 4) is 0 Å². The summed E-state index contributed by atoms with van der Waals surface area (Å²) < 4.78 is 0. The average Bonchev–Trinajstić information content (AvgIpc) is 2.79. The highest BCUT2D eigenvalue weighted by atomic mass is 16.2. The van der Waals surface area contributed by atoms with Crippen molar-refractivity contribution in [2.45, 2.75) is 13.0 Å². The Labute approximate surface area is 176 Å². The highest BCUT2D eigenvalue weighted by Crippen LogP contribution is 2.18. The van der Waals surface area contributed by atoms with Gasteiger partial charge >= 0.3 is 0 Å². The zero-order valence-corrected chi connectivity index (χ0v) is 17.0. The summed E-state index contributed by atoms with van der Waals surface area (Å²) >= 11 is 0. The molecule has 2 aromatic carbocycles. The van der Waals surface area contributed by atoms with Crippen molar-refractivity contribution in [1.82, 2.24) is 20.1 Å². The third-order valence-corrected chi connectivity index (χ3v) is 5.55. The summed E-state index contributed by atoms with van der Waals surface area (Å²) in [5, 5.41) is 4.98. The lowest BCUT2D eigenvalue weighted by Crippen LogP contribution is -2.50. The van der Waals surface area contributed by atoms with Crippen LogP contribution in [0.15, 0.2) is 67.0 Å². The molecule has 2 amide bonds. The SMILES string of the molecule is O=C(Cc1cccc2ccccc12)NCC(=O)N1CCN(Cc2ccncc2)CC1. The summed E-state index contributed by atoms with van der Waals surface area (Å²) in [5.41, 5.74) is 2.20. The second-order valence-electron chi connectivity index (χ2n) is 7.60. The van der Waals surface area contributed by atoms with Gasteiger partial charge in [-0.2, -0.15) is 0 Å². The minimum Gasteiger partial charge on any atom is -0.347 e. The topological polar surface area (TPSA) is 65.5 Å². The van der Waals surface area contributed by atoms with Gasteiger partial charge in [-0.15, -0.1) is 0 Å². The Balaban J connectivity index is 1.23. The molecule has 0 spiro atoms. The van der Waals surface area contributed by atoms with Gasteiger partial charge in [0.25, 0.3) is 0 Å².